The molecule has 35 heavy (non-hydrogen) atoms. The molecule has 8 heteroatoms. The highest BCUT2D eigenvalue weighted by Gasteiger charge is 2.54. The summed E-state index contributed by atoms with van der Waals surface area (Å²) in [4.78, 5) is 21.5. The summed E-state index contributed by atoms with van der Waals surface area (Å²) >= 11 is 0. The molecular weight excluding hydrogens is 446 g/mol. The first kappa shape index (κ1) is 23.3. The minimum absolute atomic E-state index is 0.0704. The van der Waals surface area contributed by atoms with Crippen LogP contribution in [-0.2, 0) is 19.7 Å². The van der Waals surface area contributed by atoms with E-state index in [1.807, 2.05) is 12.1 Å². The molecule has 3 fully saturated rings. The topological polar surface area (TPSA) is 87.3 Å². The lowest BCUT2D eigenvalue weighted by atomic mass is 9.68. The number of aliphatic hydroxyl groups is 1. The average Bonchev–Trinajstić information content (AvgIpc) is 3.26. The first-order chi connectivity index (χ1) is 17.1. The van der Waals surface area contributed by atoms with Gasteiger partial charge in [0.2, 0.25) is 5.91 Å². The van der Waals surface area contributed by atoms with Crippen LogP contribution in [0.25, 0.3) is 10.9 Å². The molecule has 6 rings (SSSR count). The number of likely N-dealkylation sites (tertiary alicyclic amines) is 1. The Labute approximate surface area is 206 Å². The summed E-state index contributed by atoms with van der Waals surface area (Å²) in [6, 6.07) is 6.12. The van der Waals surface area contributed by atoms with E-state index in [0.29, 0.717) is 19.1 Å². The van der Waals surface area contributed by atoms with E-state index in [1.54, 1.807) is 7.11 Å². The predicted molar refractivity (Wildman–Crippen MR) is 132 cm³/mol. The normalized spacial score (nSPS) is 25.5. The largest absolute Gasteiger partial charge is 0.497 e. The number of hydrogen-bond acceptors (Lipinski definition) is 6. The summed E-state index contributed by atoms with van der Waals surface area (Å²) in [5.74, 6) is 1.75. The van der Waals surface area contributed by atoms with E-state index in [9.17, 15) is 9.90 Å². The zero-order chi connectivity index (χ0) is 24.0. The van der Waals surface area contributed by atoms with Gasteiger partial charge in [-0.05, 0) is 49.3 Å². The SMILES string of the molecule is COc1ccc2c3c([nH]c2c1)[C@H](CO)N(CC1CCOCC1)CC31CN(C(=O)C2CCOCC2)C1. The zero-order valence-electron chi connectivity index (χ0n) is 20.6. The smallest absolute Gasteiger partial charge is 0.225 e. The van der Waals surface area contributed by atoms with Gasteiger partial charge in [-0.3, -0.25) is 9.69 Å². The molecule has 0 bridgehead atoms. The highest BCUT2D eigenvalue weighted by atomic mass is 16.5. The molecule has 1 aromatic heterocycles. The van der Waals surface area contributed by atoms with Gasteiger partial charge in [-0.2, -0.15) is 0 Å². The van der Waals surface area contributed by atoms with E-state index in [-0.39, 0.29) is 29.9 Å². The maximum absolute atomic E-state index is 13.3. The Morgan fingerprint density at radius 2 is 1.83 bits per heavy atom. The highest BCUT2D eigenvalue weighted by molar-refractivity contribution is 5.89. The molecule has 4 aliphatic rings. The number of amides is 1. The van der Waals surface area contributed by atoms with E-state index in [0.717, 1.165) is 82.0 Å². The summed E-state index contributed by atoms with van der Waals surface area (Å²) in [6.07, 6.45) is 3.77. The van der Waals surface area contributed by atoms with Crippen molar-refractivity contribution in [1.29, 1.82) is 0 Å². The lowest BCUT2D eigenvalue weighted by Gasteiger charge is -2.57. The molecule has 0 radical (unpaired) electrons. The van der Waals surface area contributed by atoms with Crippen LogP contribution in [0.2, 0.25) is 0 Å². The van der Waals surface area contributed by atoms with Crippen molar-refractivity contribution in [3.63, 3.8) is 0 Å². The van der Waals surface area contributed by atoms with Gasteiger partial charge in [0.1, 0.15) is 5.75 Å². The van der Waals surface area contributed by atoms with Crippen LogP contribution in [-0.4, -0.2) is 92.1 Å². The molecule has 4 aliphatic heterocycles. The van der Waals surface area contributed by atoms with E-state index in [4.69, 9.17) is 14.2 Å². The fourth-order valence-electron chi connectivity index (χ4n) is 6.87. The number of carbonyl (C=O) groups excluding carboxylic acids is 1. The molecule has 2 aromatic rings. The summed E-state index contributed by atoms with van der Waals surface area (Å²) in [5, 5.41) is 11.7. The van der Waals surface area contributed by atoms with Gasteiger partial charge in [-0.1, -0.05) is 0 Å². The second-order valence-corrected chi connectivity index (χ2v) is 10.9. The Kier molecular flexibility index (Phi) is 6.25. The van der Waals surface area contributed by atoms with E-state index in [2.05, 4.69) is 20.9 Å². The predicted octanol–water partition coefficient (Wildman–Crippen LogP) is 2.46. The maximum atomic E-state index is 13.3. The Hall–Kier alpha value is -2.13. The van der Waals surface area contributed by atoms with Gasteiger partial charge in [0.15, 0.2) is 0 Å². The van der Waals surface area contributed by atoms with Crippen LogP contribution < -0.4 is 4.74 Å². The first-order valence-electron chi connectivity index (χ1n) is 13.1. The molecule has 0 aliphatic carbocycles. The van der Waals surface area contributed by atoms with Crippen molar-refractivity contribution in [3.8, 4) is 5.75 Å². The Morgan fingerprint density at radius 3 is 2.51 bits per heavy atom. The maximum Gasteiger partial charge on any atom is 0.225 e. The number of H-pyrrole nitrogens is 1. The summed E-state index contributed by atoms with van der Waals surface area (Å²) < 4.78 is 16.6. The third-order valence-corrected chi connectivity index (χ3v) is 8.72. The number of aliphatic hydroxyl groups excluding tert-OH is 1. The molecule has 1 spiro atoms. The van der Waals surface area contributed by atoms with Gasteiger partial charge in [0, 0.05) is 86.6 Å². The fourth-order valence-corrected chi connectivity index (χ4v) is 6.87. The van der Waals surface area contributed by atoms with Crippen molar-refractivity contribution in [2.24, 2.45) is 11.8 Å². The van der Waals surface area contributed by atoms with Crippen molar-refractivity contribution >= 4 is 16.8 Å². The minimum atomic E-state index is -0.125. The number of hydrogen-bond donors (Lipinski definition) is 2. The number of carbonyl (C=O) groups is 1. The summed E-state index contributed by atoms with van der Waals surface area (Å²) in [6.45, 7) is 6.34. The van der Waals surface area contributed by atoms with Crippen LogP contribution in [0.4, 0.5) is 0 Å². The van der Waals surface area contributed by atoms with Gasteiger partial charge in [0.05, 0.1) is 19.8 Å². The molecule has 3 saturated heterocycles. The number of aromatic nitrogens is 1. The van der Waals surface area contributed by atoms with Crippen LogP contribution in [0.15, 0.2) is 18.2 Å². The molecule has 0 saturated carbocycles. The number of ether oxygens (including phenoxy) is 3. The van der Waals surface area contributed by atoms with Gasteiger partial charge < -0.3 is 29.2 Å². The zero-order valence-corrected chi connectivity index (χ0v) is 20.6. The number of fused-ring (bicyclic) bond motifs is 4. The number of nitrogens with zero attached hydrogens (tertiary/aromatic N) is 2. The Bertz CT molecular complexity index is 1070. The lowest BCUT2D eigenvalue weighted by molar-refractivity contribution is -0.148. The molecule has 1 atom stereocenters. The van der Waals surface area contributed by atoms with Crippen LogP contribution in [0, 0.1) is 11.8 Å². The number of benzene rings is 1. The molecule has 0 unspecified atom stereocenters. The average molecular weight is 484 g/mol. The molecular formula is C27H37N3O5. The lowest BCUT2D eigenvalue weighted by Crippen LogP contribution is -2.68. The van der Waals surface area contributed by atoms with Crippen LogP contribution >= 0.6 is 0 Å². The van der Waals surface area contributed by atoms with Crippen LogP contribution in [0.3, 0.4) is 0 Å². The fraction of sp³-hybridized carbons (Fsp3) is 0.667. The molecule has 190 valence electrons. The quantitative estimate of drug-likeness (QED) is 0.680. The van der Waals surface area contributed by atoms with Crippen LogP contribution in [0.5, 0.6) is 5.75 Å². The summed E-state index contributed by atoms with van der Waals surface area (Å²) in [7, 11) is 1.68. The Morgan fingerprint density at radius 1 is 1.11 bits per heavy atom. The molecule has 5 heterocycles. The van der Waals surface area contributed by atoms with Crippen molar-refractivity contribution < 1.29 is 24.1 Å². The second kappa shape index (κ2) is 9.39. The highest BCUT2D eigenvalue weighted by Crippen LogP contribution is 2.49. The van der Waals surface area contributed by atoms with Crippen molar-refractivity contribution in [1.82, 2.24) is 14.8 Å². The number of rotatable bonds is 5. The van der Waals surface area contributed by atoms with Crippen molar-refractivity contribution in [2.45, 2.75) is 37.1 Å². The first-order valence-corrected chi connectivity index (χ1v) is 13.1. The minimum Gasteiger partial charge on any atom is -0.497 e. The number of aromatic amines is 1. The van der Waals surface area contributed by atoms with E-state index in [1.165, 1.54) is 10.9 Å². The van der Waals surface area contributed by atoms with E-state index >= 15 is 0 Å². The van der Waals surface area contributed by atoms with Crippen molar-refractivity contribution in [2.75, 3.05) is 66.3 Å². The number of nitrogens with one attached hydrogen (secondary N) is 1. The number of methoxy groups -OCH3 is 1. The molecule has 8 nitrogen and oxygen atoms in total. The van der Waals surface area contributed by atoms with Crippen LogP contribution in [0.1, 0.15) is 43.0 Å². The van der Waals surface area contributed by atoms with Gasteiger partial charge in [-0.25, -0.2) is 0 Å². The molecule has 2 N–H and O–H groups in total. The monoisotopic (exact) mass is 483 g/mol. The third kappa shape index (κ3) is 4.04. The third-order valence-electron chi connectivity index (χ3n) is 8.72. The van der Waals surface area contributed by atoms with E-state index < -0.39 is 0 Å². The standard InChI is InChI=1S/C27H37N3O5/c1-33-20-2-3-21-22(12-20)28-25-23(14-31)29(13-18-4-8-34-9-5-18)15-27(24(21)25)16-30(17-27)26(32)19-6-10-35-11-7-19/h2-3,12,18-19,23,28,31H,4-11,13-17H2,1H3/t23-/m0/s1. The van der Waals surface area contributed by atoms with Gasteiger partial charge in [-0.15, -0.1) is 0 Å². The molecule has 1 aromatic carbocycles. The summed E-state index contributed by atoms with van der Waals surface area (Å²) in [5.41, 5.74) is 3.30. The Balaban J connectivity index is 1.34. The van der Waals surface area contributed by atoms with Crippen molar-refractivity contribution in [3.05, 3.63) is 29.5 Å². The van der Waals surface area contributed by atoms with Gasteiger partial charge >= 0.3 is 0 Å². The second-order valence-electron chi connectivity index (χ2n) is 10.9. The molecule has 1 amide bonds. The van der Waals surface area contributed by atoms with Gasteiger partial charge in [0.25, 0.3) is 0 Å².